The Morgan fingerprint density at radius 1 is 1.62 bits per heavy atom. The zero-order chi connectivity index (χ0) is 6.57. The molecule has 8 heavy (non-hydrogen) atoms. The van der Waals surface area contributed by atoms with Gasteiger partial charge in [0.05, 0.1) is 0 Å². The van der Waals surface area contributed by atoms with Crippen molar-refractivity contribution in [1.29, 1.82) is 0 Å². The average molecular weight is 109 g/mol. The molecule has 0 aromatic rings. The lowest BCUT2D eigenvalue weighted by molar-refractivity contribution is 0.618. The van der Waals surface area contributed by atoms with Crippen LogP contribution in [0.5, 0.6) is 0 Å². The third-order valence-electron chi connectivity index (χ3n) is 0.961. The first kappa shape index (κ1) is 7.56. The second kappa shape index (κ2) is 3.55. The van der Waals surface area contributed by atoms with Gasteiger partial charge in [0, 0.05) is 5.92 Å². The van der Waals surface area contributed by atoms with E-state index in [4.69, 9.17) is 6.42 Å². The van der Waals surface area contributed by atoms with Gasteiger partial charge in [-0.05, 0) is 19.3 Å². The number of terminal acetylenes is 1. The van der Waals surface area contributed by atoms with E-state index in [0.29, 0.717) is 5.92 Å². The minimum absolute atomic E-state index is 0.700. The van der Waals surface area contributed by atoms with E-state index in [1.165, 1.54) is 0 Å². The largest absolute Gasteiger partial charge is 0.119 e. The van der Waals surface area contributed by atoms with Gasteiger partial charge in [-0.2, -0.15) is 0 Å². The Morgan fingerprint density at radius 2 is 2.12 bits per heavy atom. The maximum atomic E-state index is 5.13. The summed E-state index contributed by atoms with van der Waals surface area (Å²) < 4.78 is 0. The van der Waals surface area contributed by atoms with E-state index >= 15 is 0 Å². The van der Waals surface area contributed by atoms with Gasteiger partial charge in [0.25, 0.3) is 0 Å². The summed E-state index contributed by atoms with van der Waals surface area (Å²) in [6.45, 7) is 6.34. The number of hydrogen-bond acceptors (Lipinski definition) is 0. The van der Waals surface area contributed by atoms with Crippen molar-refractivity contribution in [1.82, 2.24) is 0 Å². The third kappa shape index (κ3) is 3.74. The van der Waals surface area contributed by atoms with E-state index < -0.39 is 0 Å². The molecule has 45 valence electrons. The zero-order valence-electron chi connectivity index (χ0n) is 5.86. The highest BCUT2D eigenvalue weighted by Crippen LogP contribution is 2.10. The Labute approximate surface area is 52.3 Å². The first-order chi connectivity index (χ1) is 3.66. The third-order valence-corrected chi connectivity index (χ3v) is 0.961. The van der Waals surface area contributed by atoms with Gasteiger partial charge in [0.1, 0.15) is 0 Å². The molecule has 0 saturated carbocycles. The topological polar surface area (TPSA) is 0 Å². The monoisotopic (exact) mass is 109 g/mol. The normalized spacial score (nSPS) is 10.0. The molecule has 0 aromatic carbocycles. The van der Waals surface area contributed by atoms with Crippen LogP contribution < -0.4 is 0 Å². The fraction of sp³-hybridized carbons (Fsp3) is 0.625. The first-order valence-corrected chi connectivity index (χ1v) is 2.96. The molecular formula is C8H13. The highest BCUT2D eigenvalue weighted by Gasteiger charge is 1.99. The molecule has 0 unspecified atom stereocenters. The molecule has 0 aliphatic rings. The molecule has 0 N–H and O–H groups in total. The molecule has 0 aliphatic heterocycles. The molecule has 0 aromatic heterocycles. The van der Waals surface area contributed by atoms with Crippen molar-refractivity contribution in [3.8, 4) is 12.3 Å². The highest BCUT2D eigenvalue weighted by molar-refractivity contribution is 5.13. The quantitative estimate of drug-likeness (QED) is 0.477. The number of hydrogen-bond donors (Lipinski definition) is 0. The SMILES string of the molecule is C#C[C](C)CC(C)C. The van der Waals surface area contributed by atoms with Crippen LogP contribution >= 0.6 is 0 Å². The fourth-order valence-corrected chi connectivity index (χ4v) is 0.671. The van der Waals surface area contributed by atoms with E-state index in [2.05, 4.69) is 19.8 Å². The summed E-state index contributed by atoms with van der Waals surface area (Å²) in [5.74, 6) is 4.47. The zero-order valence-corrected chi connectivity index (χ0v) is 5.86. The van der Waals surface area contributed by atoms with Crippen molar-refractivity contribution in [2.24, 2.45) is 5.92 Å². The Hall–Kier alpha value is -0.440. The molecule has 0 amide bonds. The van der Waals surface area contributed by atoms with E-state index in [1.807, 2.05) is 6.92 Å². The maximum Gasteiger partial charge on any atom is 0.0448 e. The summed E-state index contributed by atoms with van der Waals surface area (Å²) >= 11 is 0. The minimum atomic E-state index is 0.700. The van der Waals surface area contributed by atoms with E-state index in [0.717, 1.165) is 12.3 Å². The molecule has 0 fully saturated rings. The molecule has 0 saturated heterocycles. The Kier molecular flexibility index (Phi) is 3.35. The summed E-state index contributed by atoms with van der Waals surface area (Å²) in [7, 11) is 0. The Bertz CT molecular complexity index is 84.7. The second-order valence-electron chi connectivity index (χ2n) is 2.52. The predicted molar refractivity (Wildman–Crippen MR) is 37.2 cm³/mol. The van der Waals surface area contributed by atoms with Crippen LogP contribution in [-0.2, 0) is 0 Å². The van der Waals surface area contributed by atoms with E-state index in [-0.39, 0.29) is 0 Å². The van der Waals surface area contributed by atoms with Gasteiger partial charge in [-0.15, -0.1) is 6.42 Å². The van der Waals surface area contributed by atoms with Crippen LogP contribution in [0.2, 0.25) is 0 Å². The van der Waals surface area contributed by atoms with Gasteiger partial charge < -0.3 is 0 Å². The van der Waals surface area contributed by atoms with E-state index in [1.54, 1.807) is 0 Å². The van der Waals surface area contributed by atoms with Crippen LogP contribution in [0, 0.1) is 24.2 Å². The molecule has 0 aliphatic carbocycles. The summed E-state index contributed by atoms with van der Waals surface area (Å²) in [4.78, 5) is 0. The molecule has 0 atom stereocenters. The van der Waals surface area contributed by atoms with Gasteiger partial charge in [-0.3, -0.25) is 0 Å². The van der Waals surface area contributed by atoms with Gasteiger partial charge in [-0.25, -0.2) is 0 Å². The molecule has 0 nitrogen and oxygen atoms in total. The molecule has 0 heteroatoms. The van der Waals surface area contributed by atoms with Crippen molar-refractivity contribution in [3.05, 3.63) is 5.92 Å². The van der Waals surface area contributed by atoms with Gasteiger partial charge in [-0.1, -0.05) is 19.8 Å². The molecule has 0 bridgehead atoms. The fourth-order valence-electron chi connectivity index (χ4n) is 0.671. The van der Waals surface area contributed by atoms with Crippen molar-refractivity contribution in [3.63, 3.8) is 0 Å². The molecule has 0 rings (SSSR count). The maximum absolute atomic E-state index is 5.13. The summed E-state index contributed by atoms with van der Waals surface area (Å²) in [5.41, 5.74) is 0. The van der Waals surface area contributed by atoms with Crippen molar-refractivity contribution < 1.29 is 0 Å². The Morgan fingerprint density at radius 3 is 2.25 bits per heavy atom. The minimum Gasteiger partial charge on any atom is -0.119 e. The lowest BCUT2D eigenvalue weighted by Crippen LogP contribution is -1.93. The van der Waals surface area contributed by atoms with Crippen LogP contribution in [0.4, 0.5) is 0 Å². The summed E-state index contributed by atoms with van der Waals surface area (Å²) in [5, 5.41) is 0. The van der Waals surface area contributed by atoms with Crippen molar-refractivity contribution in [2.45, 2.75) is 27.2 Å². The first-order valence-electron chi connectivity index (χ1n) is 2.96. The van der Waals surface area contributed by atoms with Crippen molar-refractivity contribution >= 4 is 0 Å². The van der Waals surface area contributed by atoms with Crippen LogP contribution in [0.1, 0.15) is 27.2 Å². The number of rotatable bonds is 2. The van der Waals surface area contributed by atoms with Crippen LogP contribution in [-0.4, -0.2) is 0 Å². The molecule has 1 radical (unpaired) electrons. The summed E-state index contributed by atoms with van der Waals surface area (Å²) in [6.07, 6.45) is 6.20. The lowest BCUT2D eigenvalue weighted by atomic mass is 10.0. The lowest BCUT2D eigenvalue weighted by Gasteiger charge is -2.04. The van der Waals surface area contributed by atoms with Gasteiger partial charge in [0.15, 0.2) is 0 Å². The van der Waals surface area contributed by atoms with E-state index in [9.17, 15) is 0 Å². The predicted octanol–water partition coefficient (Wildman–Crippen LogP) is 2.26. The molecule has 0 spiro atoms. The average Bonchev–Trinajstić information content (AvgIpc) is 1.65. The molecular weight excluding hydrogens is 96.1 g/mol. The smallest absolute Gasteiger partial charge is 0.0448 e. The van der Waals surface area contributed by atoms with Gasteiger partial charge >= 0.3 is 0 Å². The Balaban J connectivity index is 3.28. The van der Waals surface area contributed by atoms with Gasteiger partial charge in [0.2, 0.25) is 0 Å². The second-order valence-corrected chi connectivity index (χ2v) is 2.52. The standard InChI is InChI=1S/C8H13/c1-5-8(4)6-7(2)3/h1,7H,6H2,2-4H3. The van der Waals surface area contributed by atoms with Crippen LogP contribution in [0.15, 0.2) is 0 Å². The summed E-state index contributed by atoms with van der Waals surface area (Å²) in [6, 6.07) is 0. The molecule has 0 heterocycles. The van der Waals surface area contributed by atoms with Crippen LogP contribution in [0.25, 0.3) is 0 Å². The highest BCUT2D eigenvalue weighted by atomic mass is 14.0. The van der Waals surface area contributed by atoms with Crippen molar-refractivity contribution in [2.75, 3.05) is 0 Å². The van der Waals surface area contributed by atoms with Crippen LogP contribution in [0.3, 0.4) is 0 Å².